The zero-order chi connectivity index (χ0) is 14.5. The van der Waals surface area contributed by atoms with Crippen LogP contribution in [0.3, 0.4) is 0 Å². The first-order chi connectivity index (χ1) is 9.60. The molecule has 1 aromatic heterocycles. The quantitative estimate of drug-likeness (QED) is 0.771. The third-order valence-corrected chi connectivity index (χ3v) is 3.63. The number of nitrogens with zero attached hydrogens (tertiary/aromatic N) is 3. The van der Waals surface area contributed by atoms with Crippen LogP contribution in [-0.4, -0.2) is 35.9 Å². The Bertz CT molecular complexity index is 527. The van der Waals surface area contributed by atoms with Crippen LogP contribution in [0.25, 0.3) is 0 Å². The molecule has 6 heteroatoms. The summed E-state index contributed by atoms with van der Waals surface area (Å²) in [4.78, 5) is 25.3. The van der Waals surface area contributed by atoms with E-state index in [0.717, 1.165) is 25.2 Å². The van der Waals surface area contributed by atoms with E-state index >= 15 is 0 Å². The second kappa shape index (κ2) is 6.54. The van der Waals surface area contributed by atoms with Crippen molar-refractivity contribution >= 4 is 11.7 Å². The summed E-state index contributed by atoms with van der Waals surface area (Å²) in [6, 6.07) is 1.60. The fourth-order valence-electron chi connectivity index (χ4n) is 2.49. The zero-order valence-corrected chi connectivity index (χ0v) is 12.0. The van der Waals surface area contributed by atoms with Gasteiger partial charge in [-0.2, -0.15) is 5.10 Å². The molecule has 0 spiro atoms. The fraction of sp³-hybridized carbons (Fsp3) is 0.643. The van der Waals surface area contributed by atoms with Crippen molar-refractivity contribution in [1.82, 2.24) is 9.78 Å². The van der Waals surface area contributed by atoms with E-state index in [1.807, 2.05) is 0 Å². The normalized spacial score (nSPS) is 18.9. The van der Waals surface area contributed by atoms with Crippen LogP contribution in [-0.2, 0) is 16.1 Å². The highest BCUT2D eigenvalue weighted by Gasteiger charge is 2.17. The lowest BCUT2D eigenvalue weighted by Gasteiger charge is -2.32. The molecule has 0 bridgehead atoms. The molecule has 1 aliphatic rings. The Balaban J connectivity index is 2.05. The molecule has 1 atom stereocenters. The van der Waals surface area contributed by atoms with Crippen LogP contribution in [0.2, 0.25) is 0 Å². The first-order valence-electron chi connectivity index (χ1n) is 6.99. The fourth-order valence-corrected chi connectivity index (χ4v) is 2.49. The molecule has 6 nitrogen and oxygen atoms in total. The van der Waals surface area contributed by atoms with E-state index in [1.54, 1.807) is 12.3 Å². The van der Waals surface area contributed by atoms with Gasteiger partial charge < -0.3 is 9.64 Å². The van der Waals surface area contributed by atoms with E-state index in [1.165, 1.54) is 18.2 Å². The van der Waals surface area contributed by atoms with E-state index in [0.29, 0.717) is 5.92 Å². The summed E-state index contributed by atoms with van der Waals surface area (Å²) in [6.07, 6.45) is 4.24. The molecule has 0 amide bonds. The Morgan fingerprint density at radius 3 is 3.00 bits per heavy atom. The standard InChI is InChI=1S/C14H21N3O3/c1-11-4-3-6-16(10-11)12-8-13(18)17(15-9-12)7-5-14(19)20-2/h8-9,11H,3-7,10H2,1-2H3. The lowest BCUT2D eigenvalue weighted by molar-refractivity contribution is -0.140. The summed E-state index contributed by atoms with van der Waals surface area (Å²) in [5, 5.41) is 4.14. The molecule has 0 aliphatic carbocycles. The van der Waals surface area contributed by atoms with Crippen LogP contribution in [0, 0.1) is 5.92 Å². The van der Waals surface area contributed by atoms with Crippen LogP contribution in [0.15, 0.2) is 17.1 Å². The zero-order valence-electron chi connectivity index (χ0n) is 12.0. The second-order valence-corrected chi connectivity index (χ2v) is 5.29. The van der Waals surface area contributed by atoms with Crippen molar-refractivity contribution in [3.8, 4) is 0 Å². The predicted molar refractivity (Wildman–Crippen MR) is 75.7 cm³/mol. The Hall–Kier alpha value is -1.85. The first-order valence-corrected chi connectivity index (χ1v) is 6.99. The third-order valence-electron chi connectivity index (χ3n) is 3.63. The summed E-state index contributed by atoms with van der Waals surface area (Å²) in [6.45, 7) is 4.41. The average molecular weight is 279 g/mol. The van der Waals surface area contributed by atoms with Gasteiger partial charge in [0.2, 0.25) is 0 Å². The van der Waals surface area contributed by atoms with Gasteiger partial charge in [0, 0.05) is 19.2 Å². The molecule has 110 valence electrons. The largest absolute Gasteiger partial charge is 0.469 e. The molecule has 0 aromatic carbocycles. The molecule has 1 fully saturated rings. The number of esters is 1. The highest BCUT2D eigenvalue weighted by molar-refractivity contribution is 5.68. The number of ether oxygens (including phenoxy) is 1. The number of hydrogen-bond acceptors (Lipinski definition) is 5. The average Bonchev–Trinajstić information content (AvgIpc) is 2.45. The smallest absolute Gasteiger partial charge is 0.307 e. The summed E-state index contributed by atoms with van der Waals surface area (Å²) in [5.41, 5.74) is 0.695. The number of aromatic nitrogens is 2. The Morgan fingerprint density at radius 2 is 2.35 bits per heavy atom. The van der Waals surface area contributed by atoms with Gasteiger partial charge in [-0.15, -0.1) is 0 Å². The van der Waals surface area contributed by atoms with Gasteiger partial charge in [0.1, 0.15) is 0 Å². The number of aryl methyl sites for hydroxylation is 1. The van der Waals surface area contributed by atoms with Gasteiger partial charge in [-0.1, -0.05) is 6.92 Å². The monoisotopic (exact) mass is 279 g/mol. The second-order valence-electron chi connectivity index (χ2n) is 5.29. The number of carbonyl (C=O) groups is 1. The third kappa shape index (κ3) is 3.59. The van der Waals surface area contributed by atoms with Crippen LogP contribution in [0.1, 0.15) is 26.2 Å². The lowest BCUT2D eigenvalue weighted by atomic mass is 10.00. The van der Waals surface area contributed by atoms with Gasteiger partial charge in [-0.05, 0) is 18.8 Å². The summed E-state index contributed by atoms with van der Waals surface area (Å²) < 4.78 is 5.85. The molecule has 0 radical (unpaired) electrons. The molecular weight excluding hydrogens is 258 g/mol. The molecule has 1 unspecified atom stereocenters. The van der Waals surface area contributed by atoms with Crippen molar-refractivity contribution in [3.63, 3.8) is 0 Å². The van der Waals surface area contributed by atoms with Gasteiger partial charge in [0.05, 0.1) is 32.0 Å². The highest BCUT2D eigenvalue weighted by Crippen LogP contribution is 2.20. The van der Waals surface area contributed by atoms with Gasteiger partial charge in [0.25, 0.3) is 5.56 Å². The van der Waals surface area contributed by atoms with Crippen molar-refractivity contribution in [2.24, 2.45) is 5.92 Å². The number of piperidine rings is 1. The van der Waals surface area contributed by atoms with E-state index in [-0.39, 0.29) is 24.5 Å². The van der Waals surface area contributed by atoms with E-state index in [4.69, 9.17) is 0 Å². The Morgan fingerprint density at radius 1 is 1.55 bits per heavy atom. The minimum atomic E-state index is -0.340. The Labute approximate surface area is 118 Å². The van der Waals surface area contributed by atoms with Crippen molar-refractivity contribution in [1.29, 1.82) is 0 Å². The minimum Gasteiger partial charge on any atom is -0.469 e. The predicted octanol–water partition coefficient (Wildman–Crippen LogP) is 1.04. The number of hydrogen-bond donors (Lipinski definition) is 0. The molecule has 20 heavy (non-hydrogen) atoms. The SMILES string of the molecule is COC(=O)CCn1ncc(N2CCCC(C)C2)cc1=O. The van der Waals surface area contributed by atoms with Crippen LogP contribution in [0.4, 0.5) is 5.69 Å². The van der Waals surface area contributed by atoms with Crippen molar-refractivity contribution in [3.05, 3.63) is 22.6 Å². The van der Waals surface area contributed by atoms with Gasteiger partial charge >= 0.3 is 5.97 Å². The summed E-state index contributed by atoms with van der Waals surface area (Å²) in [7, 11) is 1.33. The maximum atomic E-state index is 12.0. The lowest BCUT2D eigenvalue weighted by Crippen LogP contribution is -2.35. The maximum absolute atomic E-state index is 12.0. The molecule has 0 saturated carbocycles. The minimum absolute atomic E-state index is 0.156. The van der Waals surface area contributed by atoms with Crippen LogP contribution in [0.5, 0.6) is 0 Å². The van der Waals surface area contributed by atoms with Gasteiger partial charge in [-0.3, -0.25) is 9.59 Å². The van der Waals surface area contributed by atoms with Gasteiger partial charge in [-0.25, -0.2) is 4.68 Å². The number of anilines is 1. The van der Waals surface area contributed by atoms with Gasteiger partial charge in [0.15, 0.2) is 0 Å². The molecule has 0 N–H and O–H groups in total. The topological polar surface area (TPSA) is 64.4 Å². The van der Waals surface area contributed by atoms with E-state index in [9.17, 15) is 9.59 Å². The number of rotatable bonds is 4. The van der Waals surface area contributed by atoms with Crippen molar-refractivity contribution < 1.29 is 9.53 Å². The molecule has 2 heterocycles. The molecular formula is C14H21N3O3. The van der Waals surface area contributed by atoms with Crippen molar-refractivity contribution in [2.75, 3.05) is 25.1 Å². The molecule has 1 saturated heterocycles. The molecule has 1 aromatic rings. The van der Waals surface area contributed by atoms with E-state index in [2.05, 4.69) is 21.7 Å². The van der Waals surface area contributed by atoms with Crippen molar-refractivity contribution in [2.45, 2.75) is 32.7 Å². The number of carbonyl (C=O) groups excluding carboxylic acids is 1. The first kappa shape index (κ1) is 14.6. The van der Waals surface area contributed by atoms with Crippen LogP contribution >= 0.6 is 0 Å². The molecule has 1 aliphatic heterocycles. The van der Waals surface area contributed by atoms with Crippen LogP contribution < -0.4 is 10.5 Å². The number of methoxy groups -OCH3 is 1. The summed E-state index contributed by atoms with van der Waals surface area (Å²) in [5.74, 6) is 0.304. The maximum Gasteiger partial charge on any atom is 0.307 e. The molecule has 2 rings (SSSR count). The summed E-state index contributed by atoms with van der Waals surface area (Å²) >= 11 is 0. The Kier molecular flexibility index (Phi) is 4.76. The highest BCUT2D eigenvalue weighted by atomic mass is 16.5. The van der Waals surface area contributed by atoms with E-state index < -0.39 is 0 Å².